The van der Waals surface area contributed by atoms with Crippen molar-refractivity contribution in [3.05, 3.63) is 0 Å². The summed E-state index contributed by atoms with van der Waals surface area (Å²) in [6.45, 7) is 9.25. The highest BCUT2D eigenvalue weighted by Crippen LogP contribution is 2.11. The normalized spacial score (nSPS) is 19.8. The second-order valence-electron chi connectivity index (χ2n) is 4.63. The van der Waals surface area contributed by atoms with Crippen molar-refractivity contribution >= 4 is 21.8 Å². The highest BCUT2D eigenvalue weighted by Gasteiger charge is 2.21. The fourth-order valence-corrected chi connectivity index (χ4v) is 2.41. The molecule has 0 aromatic rings. The van der Waals surface area contributed by atoms with E-state index in [1.165, 1.54) is 0 Å². The molecule has 0 N–H and O–H groups in total. The largest absolute Gasteiger partial charge is 0.340 e. The molecule has 1 saturated heterocycles. The first-order valence-corrected chi connectivity index (χ1v) is 7.35. The predicted octanol–water partition coefficient (Wildman–Crippen LogP) is 1.96. The van der Waals surface area contributed by atoms with Gasteiger partial charge in [0.25, 0.3) is 0 Å². The van der Waals surface area contributed by atoms with Crippen molar-refractivity contribution in [3.8, 4) is 0 Å². The van der Waals surface area contributed by atoms with Crippen LogP contribution in [-0.2, 0) is 4.79 Å². The van der Waals surface area contributed by atoms with Gasteiger partial charge in [-0.1, -0.05) is 36.2 Å². The molecule has 3 nitrogen and oxygen atoms in total. The summed E-state index contributed by atoms with van der Waals surface area (Å²) in [6.07, 6.45) is 1.81. The molecule has 0 aromatic heterocycles. The number of rotatable bonds is 5. The quantitative estimate of drug-likeness (QED) is 0.723. The molecule has 0 bridgehead atoms. The topological polar surface area (TPSA) is 23.6 Å². The van der Waals surface area contributed by atoms with E-state index in [1.807, 2.05) is 4.90 Å². The molecule has 1 rings (SSSR count). The van der Waals surface area contributed by atoms with E-state index in [1.54, 1.807) is 0 Å². The van der Waals surface area contributed by atoms with Gasteiger partial charge in [0.2, 0.25) is 5.91 Å². The van der Waals surface area contributed by atoms with E-state index in [9.17, 15) is 4.79 Å². The molecule has 4 heteroatoms. The van der Waals surface area contributed by atoms with E-state index in [0.29, 0.717) is 11.8 Å². The summed E-state index contributed by atoms with van der Waals surface area (Å²) in [4.78, 5) is 16.4. The highest BCUT2D eigenvalue weighted by atomic mass is 79.9. The van der Waals surface area contributed by atoms with Gasteiger partial charge < -0.3 is 4.90 Å². The van der Waals surface area contributed by atoms with E-state index in [4.69, 9.17) is 0 Å². The van der Waals surface area contributed by atoms with Crippen LogP contribution < -0.4 is 0 Å². The smallest absolute Gasteiger partial charge is 0.222 e. The Bertz CT molecular complexity index is 215. The molecule has 0 aliphatic carbocycles. The van der Waals surface area contributed by atoms with E-state index >= 15 is 0 Å². The van der Waals surface area contributed by atoms with Gasteiger partial charge in [-0.15, -0.1) is 0 Å². The van der Waals surface area contributed by atoms with E-state index in [-0.39, 0.29) is 0 Å². The highest BCUT2D eigenvalue weighted by molar-refractivity contribution is 9.09. The molecule has 1 unspecified atom stereocenters. The summed E-state index contributed by atoms with van der Waals surface area (Å²) in [6, 6.07) is 0. The third-order valence-corrected chi connectivity index (χ3v) is 3.70. The lowest BCUT2D eigenvalue weighted by atomic mass is 10.0. The summed E-state index contributed by atoms with van der Waals surface area (Å²) in [5.74, 6) is 0.862. The monoisotopic (exact) mass is 290 g/mol. The Morgan fingerprint density at radius 3 is 2.44 bits per heavy atom. The van der Waals surface area contributed by atoms with Gasteiger partial charge in [0.05, 0.1) is 0 Å². The van der Waals surface area contributed by atoms with Crippen molar-refractivity contribution in [1.29, 1.82) is 0 Å². The van der Waals surface area contributed by atoms with Crippen molar-refractivity contribution in [2.75, 3.05) is 38.1 Å². The Labute approximate surface area is 107 Å². The average Bonchev–Trinajstić information content (AvgIpc) is 2.30. The maximum absolute atomic E-state index is 11.9. The van der Waals surface area contributed by atoms with Crippen LogP contribution >= 0.6 is 15.9 Å². The maximum atomic E-state index is 11.9. The molecule has 1 atom stereocenters. The third-order valence-electron chi connectivity index (χ3n) is 3.35. The number of carbonyl (C=O) groups is 1. The molecular weight excluding hydrogens is 268 g/mol. The predicted molar refractivity (Wildman–Crippen MR) is 70.9 cm³/mol. The van der Waals surface area contributed by atoms with Crippen LogP contribution in [0.25, 0.3) is 0 Å². The fraction of sp³-hybridized carbons (Fsp3) is 0.917. The number of alkyl halides is 1. The first-order chi connectivity index (χ1) is 7.67. The summed E-state index contributed by atoms with van der Waals surface area (Å²) in [5, 5.41) is 1.02. The van der Waals surface area contributed by atoms with E-state index < -0.39 is 0 Å². The summed E-state index contributed by atoms with van der Waals surface area (Å²) < 4.78 is 0. The zero-order chi connectivity index (χ0) is 12.0. The van der Waals surface area contributed by atoms with Crippen molar-refractivity contribution in [2.45, 2.75) is 26.7 Å². The third kappa shape index (κ3) is 4.42. The minimum absolute atomic E-state index is 0.341. The lowest BCUT2D eigenvalue weighted by Crippen LogP contribution is -2.49. The molecule has 0 aromatic carbocycles. The first kappa shape index (κ1) is 14.0. The van der Waals surface area contributed by atoms with Gasteiger partial charge in [-0.25, -0.2) is 0 Å². The lowest BCUT2D eigenvalue weighted by Gasteiger charge is -2.34. The SMILES string of the molecule is CCC(C)CC(=O)N1CCN(CCBr)CC1. The molecule has 1 heterocycles. The molecule has 0 radical (unpaired) electrons. The van der Waals surface area contributed by atoms with Crippen LogP contribution in [-0.4, -0.2) is 53.8 Å². The van der Waals surface area contributed by atoms with Crippen LogP contribution in [0.2, 0.25) is 0 Å². The number of carbonyl (C=O) groups excluding carboxylic acids is 1. The Balaban J connectivity index is 2.27. The maximum Gasteiger partial charge on any atom is 0.222 e. The molecule has 1 aliphatic rings. The second-order valence-corrected chi connectivity index (χ2v) is 5.42. The van der Waals surface area contributed by atoms with Crippen LogP contribution in [0.15, 0.2) is 0 Å². The van der Waals surface area contributed by atoms with Gasteiger partial charge in [-0.05, 0) is 5.92 Å². The van der Waals surface area contributed by atoms with Gasteiger partial charge in [0.1, 0.15) is 0 Å². The summed E-state index contributed by atoms with van der Waals surface area (Å²) in [5.41, 5.74) is 0. The standard InChI is InChI=1S/C12H23BrN2O/c1-3-11(2)10-12(16)15-8-6-14(5-4-13)7-9-15/h11H,3-10H2,1-2H3. The van der Waals surface area contributed by atoms with Crippen molar-refractivity contribution in [3.63, 3.8) is 0 Å². The van der Waals surface area contributed by atoms with Crippen molar-refractivity contribution in [2.24, 2.45) is 5.92 Å². The Morgan fingerprint density at radius 1 is 1.31 bits per heavy atom. The number of hydrogen-bond donors (Lipinski definition) is 0. The minimum Gasteiger partial charge on any atom is -0.340 e. The molecular formula is C12H23BrN2O. The average molecular weight is 291 g/mol. The fourth-order valence-electron chi connectivity index (χ4n) is 1.91. The van der Waals surface area contributed by atoms with Crippen LogP contribution in [0.1, 0.15) is 26.7 Å². The van der Waals surface area contributed by atoms with Gasteiger partial charge in [0, 0.05) is 44.5 Å². The Kier molecular flexibility index (Phi) is 6.36. The second kappa shape index (κ2) is 7.28. The molecule has 94 valence electrons. The van der Waals surface area contributed by atoms with Gasteiger partial charge in [-0.3, -0.25) is 9.69 Å². The minimum atomic E-state index is 0.341. The van der Waals surface area contributed by atoms with Gasteiger partial charge >= 0.3 is 0 Å². The van der Waals surface area contributed by atoms with Crippen molar-refractivity contribution < 1.29 is 4.79 Å². The number of halogens is 1. The number of piperazine rings is 1. The van der Waals surface area contributed by atoms with Crippen LogP contribution in [0.3, 0.4) is 0 Å². The molecule has 1 amide bonds. The molecule has 0 saturated carbocycles. The summed E-state index contributed by atoms with van der Waals surface area (Å²) >= 11 is 3.45. The number of nitrogens with zero attached hydrogens (tertiary/aromatic N) is 2. The van der Waals surface area contributed by atoms with Crippen LogP contribution in [0.5, 0.6) is 0 Å². The zero-order valence-electron chi connectivity index (χ0n) is 10.4. The Morgan fingerprint density at radius 2 is 1.94 bits per heavy atom. The first-order valence-electron chi connectivity index (χ1n) is 6.23. The van der Waals surface area contributed by atoms with Crippen LogP contribution in [0.4, 0.5) is 0 Å². The van der Waals surface area contributed by atoms with Crippen molar-refractivity contribution in [1.82, 2.24) is 9.80 Å². The number of amides is 1. The molecule has 0 spiro atoms. The van der Waals surface area contributed by atoms with Gasteiger partial charge in [-0.2, -0.15) is 0 Å². The molecule has 1 fully saturated rings. The van der Waals surface area contributed by atoms with Gasteiger partial charge in [0.15, 0.2) is 0 Å². The molecule has 1 aliphatic heterocycles. The van der Waals surface area contributed by atoms with Crippen LogP contribution in [0, 0.1) is 5.92 Å². The molecule has 16 heavy (non-hydrogen) atoms. The Hall–Kier alpha value is -0.0900. The number of hydrogen-bond acceptors (Lipinski definition) is 2. The lowest BCUT2D eigenvalue weighted by molar-refractivity contribution is -0.133. The summed E-state index contributed by atoms with van der Waals surface area (Å²) in [7, 11) is 0. The van der Waals surface area contributed by atoms with E-state index in [2.05, 4.69) is 34.7 Å². The zero-order valence-corrected chi connectivity index (χ0v) is 12.0. The van der Waals surface area contributed by atoms with E-state index in [0.717, 1.165) is 50.9 Å².